The van der Waals surface area contributed by atoms with E-state index in [1.165, 1.54) is 6.42 Å². The number of likely N-dealkylation sites (tertiary alicyclic amines) is 2. The van der Waals surface area contributed by atoms with Crippen LogP contribution in [0.3, 0.4) is 0 Å². The van der Waals surface area contributed by atoms with Crippen molar-refractivity contribution in [1.29, 1.82) is 0 Å². The molecule has 2 amide bonds. The number of benzene rings is 1. The molecule has 1 aromatic rings. The summed E-state index contributed by atoms with van der Waals surface area (Å²) in [5.74, 6) is 1.15. The maximum atomic E-state index is 12.9. The Morgan fingerprint density at radius 3 is 2.16 bits per heavy atom. The van der Waals surface area contributed by atoms with Crippen LogP contribution < -0.4 is 15.8 Å². The third-order valence-electron chi connectivity index (χ3n) is 9.49. The van der Waals surface area contributed by atoms with Gasteiger partial charge < -0.3 is 30.7 Å². The molecule has 0 atom stereocenters. The van der Waals surface area contributed by atoms with Crippen LogP contribution in [0.15, 0.2) is 6.07 Å². The number of rotatable bonds is 16. The molecule has 2 fully saturated rings. The third kappa shape index (κ3) is 10.3. The van der Waals surface area contributed by atoms with Crippen molar-refractivity contribution < 1.29 is 24.2 Å². The van der Waals surface area contributed by atoms with Gasteiger partial charge in [0.05, 0.1) is 22.9 Å². The van der Waals surface area contributed by atoms with Crippen molar-refractivity contribution in [3.05, 3.63) is 22.2 Å². The van der Waals surface area contributed by atoms with Gasteiger partial charge in [-0.15, -0.1) is 0 Å². The van der Waals surface area contributed by atoms with Gasteiger partial charge in [-0.3, -0.25) is 14.4 Å². The van der Waals surface area contributed by atoms with E-state index in [1.807, 2.05) is 0 Å². The van der Waals surface area contributed by atoms with Crippen LogP contribution in [-0.2, 0) is 16.0 Å². The molecule has 9 nitrogen and oxygen atoms in total. The molecule has 4 N–H and O–H groups in total. The number of carboxylic acids is 1. The van der Waals surface area contributed by atoms with Gasteiger partial charge in [0.25, 0.3) is 5.91 Å². The number of ether oxygens (including phenoxy) is 1. The van der Waals surface area contributed by atoms with Gasteiger partial charge in [-0.2, -0.15) is 0 Å². The number of carbonyl (C=O) groups excluding carboxylic acids is 2. The van der Waals surface area contributed by atoms with Crippen LogP contribution in [0.4, 0.5) is 5.69 Å². The lowest BCUT2D eigenvalue weighted by atomic mass is 9.92. The summed E-state index contributed by atoms with van der Waals surface area (Å²) in [6.07, 6.45) is 14.4. The van der Waals surface area contributed by atoms with Crippen LogP contribution >= 0.6 is 11.6 Å². The summed E-state index contributed by atoms with van der Waals surface area (Å²) in [7, 11) is 0. The summed E-state index contributed by atoms with van der Waals surface area (Å²) in [5, 5.41) is 12.2. The number of fused-ring (bicyclic) bond motifs is 1. The summed E-state index contributed by atoms with van der Waals surface area (Å²) < 4.78 is 5.69. The standard InChI is InChI=1S/C33H51ClN4O5/c34-28-21-27(32-26(31(28)35)15-20-43-32)33(42)36-22-24-11-16-37(17-12-24)23-25-13-18-38(19-14-25)29(39)9-7-5-3-1-2-4-6-8-10-30(40)41/h21,24-25H,1-20,22-23,35H2,(H,36,42)(H,40,41). The Balaban J connectivity index is 1.03. The van der Waals surface area contributed by atoms with Crippen LogP contribution in [0.1, 0.15) is 106 Å². The predicted molar refractivity (Wildman–Crippen MR) is 170 cm³/mol. The van der Waals surface area contributed by atoms with E-state index in [4.69, 9.17) is 27.2 Å². The first-order valence-electron chi connectivity index (χ1n) is 16.6. The molecule has 3 aliphatic heterocycles. The van der Waals surface area contributed by atoms with Crippen molar-refractivity contribution in [2.24, 2.45) is 11.8 Å². The highest BCUT2D eigenvalue weighted by Gasteiger charge is 2.28. The Kier molecular flexibility index (Phi) is 13.3. The Labute approximate surface area is 261 Å². The van der Waals surface area contributed by atoms with Crippen molar-refractivity contribution >= 4 is 35.1 Å². The van der Waals surface area contributed by atoms with Crippen molar-refractivity contribution in [3.8, 4) is 5.75 Å². The highest BCUT2D eigenvalue weighted by Crippen LogP contribution is 2.38. The molecular formula is C33H51ClN4O5. The fourth-order valence-electron chi connectivity index (χ4n) is 6.74. The number of aliphatic carboxylic acids is 1. The summed E-state index contributed by atoms with van der Waals surface area (Å²) in [6.45, 7) is 6.14. The van der Waals surface area contributed by atoms with Crippen LogP contribution in [0.2, 0.25) is 5.02 Å². The number of nitrogens with one attached hydrogen (secondary N) is 1. The number of carbonyl (C=O) groups is 3. The van der Waals surface area contributed by atoms with Gasteiger partial charge in [0.15, 0.2) is 0 Å². The molecule has 0 radical (unpaired) electrons. The van der Waals surface area contributed by atoms with Gasteiger partial charge >= 0.3 is 5.97 Å². The van der Waals surface area contributed by atoms with Gasteiger partial charge in [0, 0.05) is 51.0 Å². The molecule has 2 saturated heterocycles. The first-order chi connectivity index (χ1) is 20.8. The Hall–Kier alpha value is -2.52. The van der Waals surface area contributed by atoms with Gasteiger partial charge in [-0.1, -0.05) is 50.1 Å². The fourth-order valence-corrected chi connectivity index (χ4v) is 6.97. The lowest BCUT2D eigenvalue weighted by molar-refractivity contribution is -0.137. The molecule has 3 heterocycles. The topological polar surface area (TPSA) is 125 Å². The average Bonchev–Trinajstić information content (AvgIpc) is 3.50. The average molecular weight is 619 g/mol. The lowest BCUT2D eigenvalue weighted by Crippen LogP contribution is -2.44. The molecule has 4 rings (SSSR count). The van der Waals surface area contributed by atoms with Crippen molar-refractivity contribution in [2.45, 2.75) is 96.3 Å². The number of nitrogens with two attached hydrogens (primary N) is 1. The number of halogens is 1. The smallest absolute Gasteiger partial charge is 0.303 e. The Bertz CT molecular complexity index is 1080. The largest absolute Gasteiger partial charge is 0.492 e. The number of hydrogen-bond donors (Lipinski definition) is 3. The van der Waals surface area contributed by atoms with Gasteiger partial charge in [-0.05, 0) is 69.5 Å². The molecule has 240 valence electrons. The summed E-state index contributed by atoms with van der Waals surface area (Å²) in [4.78, 5) is 40.8. The van der Waals surface area contributed by atoms with Crippen LogP contribution in [0.25, 0.3) is 0 Å². The molecule has 0 unspecified atom stereocenters. The SMILES string of the molecule is Nc1c(Cl)cc(C(=O)NCC2CCN(CC3CCN(C(=O)CCCCCCCCCCC(=O)O)CC3)CC2)c2c1CCO2. The second-order valence-electron chi connectivity index (χ2n) is 12.7. The minimum absolute atomic E-state index is 0.148. The molecule has 0 spiro atoms. The Morgan fingerprint density at radius 1 is 0.907 bits per heavy atom. The zero-order chi connectivity index (χ0) is 30.6. The second-order valence-corrected chi connectivity index (χ2v) is 13.1. The van der Waals surface area contributed by atoms with Gasteiger partial charge in [-0.25, -0.2) is 0 Å². The van der Waals surface area contributed by atoms with Gasteiger partial charge in [0.2, 0.25) is 5.91 Å². The van der Waals surface area contributed by atoms with E-state index in [2.05, 4.69) is 15.1 Å². The summed E-state index contributed by atoms with van der Waals surface area (Å²) in [6, 6.07) is 1.62. The number of unbranched alkanes of at least 4 members (excludes halogenated alkanes) is 7. The third-order valence-corrected chi connectivity index (χ3v) is 9.80. The van der Waals surface area contributed by atoms with Crippen LogP contribution in [-0.4, -0.2) is 78.6 Å². The van der Waals surface area contributed by atoms with Gasteiger partial charge in [0.1, 0.15) is 5.75 Å². The molecule has 0 bridgehead atoms. The molecule has 10 heteroatoms. The summed E-state index contributed by atoms with van der Waals surface area (Å²) in [5.41, 5.74) is 7.90. The van der Waals surface area contributed by atoms with E-state index in [1.54, 1.807) is 6.07 Å². The van der Waals surface area contributed by atoms with E-state index in [-0.39, 0.29) is 12.3 Å². The van der Waals surface area contributed by atoms with E-state index < -0.39 is 5.97 Å². The summed E-state index contributed by atoms with van der Waals surface area (Å²) >= 11 is 6.27. The maximum Gasteiger partial charge on any atom is 0.303 e. The van der Waals surface area contributed by atoms with E-state index in [0.717, 1.165) is 109 Å². The fraction of sp³-hybridized carbons (Fsp3) is 0.727. The van der Waals surface area contributed by atoms with E-state index >= 15 is 0 Å². The molecule has 43 heavy (non-hydrogen) atoms. The van der Waals surface area contributed by atoms with Crippen molar-refractivity contribution in [3.63, 3.8) is 0 Å². The Morgan fingerprint density at radius 2 is 1.51 bits per heavy atom. The van der Waals surface area contributed by atoms with E-state index in [9.17, 15) is 14.4 Å². The van der Waals surface area contributed by atoms with Crippen molar-refractivity contribution in [2.75, 3.05) is 51.6 Å². The van der Waals surface area contributed by atoms with E-state index in [0.29, 0.717) is 65.8 Å². The first kappa shape index (κ1) is 33.4. The highest BCUT2D eigenvalue weighted by atomic mass is 35.5. The molecule has 1 aromatic carbocycles. The number of hydrogen-bond acceptors (Lipinski definition) is 6. The molecule has 3 aliphatic rings. The maximum absolute atomic E-state index is 12.9. The zero-order valence-corrected chi connectivity index (χ0v) is 26.5. The van der Waals surface area contributed by atoms with Crippen LogP contribution in [0.5, 0.6) is 5.75 Å². The normalized spacial score (nSPS) is 17.9. The minimum Gasteiger partial charge on any atom is -0.492 e. The monoisotopic (exact) mass is 618 g/mol. The first-order valence-corrected chi connectivity index (χ1v) is 16.9. The highest BCUT2D eigenvalue weighted by molar-refractivity contribution is 6.33. The number of carboxylic acid groups (broad SMARTS) is 1. The van der Waals surface area contributed by atoms with Crippen LogP contribution in [0, 0.1) is 11.8 Å². The van der Waals surface area contributed by atoms with Crippen molar-refractivity contribution in [1.82, 2.24) is 15.1 Å². The molecule has 0 aliphatic carbocycles. The second kappa shape index (κ2) is 17.1. The number of nitrogen functional groups attached to an aromatic ring is 1. The molecular weight excluding hydrogens is 568 g/mol. The number of nitrogens with zero attached hydrogens (tertiary/aromatic N) is 2. The lowest BCUT2D eigenvalue weighted by Gasteiger charge is -2.37. The molecule has 0 aromatic heterocycles. The number of amides is 2. The zero-order valence-electron chi connectivity index (χ0n) is 25.7. The quantitative estimate of drug-likeness (QED) is 0.164. The number of piperidine rings is 2. The molecule has 0 saturated carbocycles. The predicted octanol–water partition coefficient (Wildman–Crippen LogP) is 5.52. The number of anilines is 1. The minimum atomic E-state index is -0.702.